The van der Waals surface area contributed by atoms with E-state index >= 15 is 0 Å². The fraction of sp³-hybridized carbons (Fsp3) is 0. The van der Waals surface area contributed by atoms with Crippen LogP contribution in [0.2, 0.25) is 0 Å². The van der Waals surface area contributed by atoms with E-state index in [1.54, 1.807) is 0 Å². The van der Waals surface area contributed by atoms with E-state index in [9.17, 15) is 0 Å². The summed E-state index contributed by atoms with van der Waals surface area (Å²) in [6.45, 7) is 0. The molecule has 0 aliphatic rings. The predicted molar refractivity (Wildman–Crippen MR) is 158 cm³/mol. The van der Waals surface area contributed by atoms with Gasteiger partial charge in [-0.15, -0.1) is 0 Å². The zero-order chi connectivity index (χ0) is 23.4. The van der Waals surface area contributed by atoms with Crippen LogP contribution in [0, 0.1) is 0 Å². The standard InChI is InChI=1S/C36H20/c1-3-9-27-21(7-1)13-15-23-19-25-17-18-26-20-24-16-14-22-8-2-4-10-28(22)32(24)36-30-12-6-5-11-29(30)35(31(23)27)33(25)34(26)36/h1-20H. The van der Waals surface area contributed by atoms with Gasteiger partial charge in [0.1, 0.15) is 0 Å². The molecule has 0 saturated carbocycles. The van der Waals surface area contributed by atoms with E-state index in [0.717, 1.165) is 0 Å². The summed E-state index contributed by atoms with van der Waals surface area (Å²) < 4.78 is 0. The second-order valence-corrected chi connectivity index (χ2v) is 10.1. The Balaban J connectivity index is 1.72. The molecule has 0 saturated heterocycles. The van der Waals surface area contributed by atoms with Crippen molar-refractivity contribution in [2.24, 2.45) is 0 Å². The van der Waals surface area contributed by atoms with Gasteiger partial charge in [0.25, 0.3) is 0 Å². The first-order chi connectivity index (χ1) is 17.9. The van der Waals surface area contributed by atoms with E-state index < -0.39 is 0 Å². The molecule has 9 aromatic rings. The van der Waals surface area contributed by atoms with Gasteiger partial charge in [0.05, 0.1) is 0 Å². The molecule has 9 rings (SSSR count). The van der Waals surface area contributed by atoms with Crippen LogP contribution in [0.25, 0.3) is 86.2 Å². The number of hydrogen-bond acceptors (Lipinski definition) is 0. The Kier molecular flexibility index (Phi) is 3.36. The Morgan fingerprint density at radius 3 is 1.00 bits per heavy atom. The van der Waals surface area contributed by atoms with Gasteiger partial charge >= 0.3 is 0 Å². The van der Waals surface area contributed by atoms with Crippen LogP contribution in [-0.4, -0.2) is 0 Å². The maximum Gasteiger partial charge on any atom is -0.000785 e. The minimum atomic E-state index is 1.29. The van der Waals surface area contributed by atoms with Crippen molar-refractivity contribution >= 4 is 86.2 Å². The van der Waals surface area contributed by atoms with E-state index in [-0.39, 0.29) is 0 Å². The Labute approximate surface area is 207 Å². The van der Waals surface area contributed by atoms with Gasteiger partial charge in [-0.2, -0.15) is 0 Å². The zero-order valence-electron chi connectivity index (χ0n) is 19.5. The van der Waals surface area contributed by atoms with Crippen LogP contribution in [0.4, 0.5) is 0 Å². The van der Waals surface area contributed by atoms with Crippen LogP contribution in [0.3, 0.4) is 0 Å². The van der Waals surface area contributed by atoms with Crippen molar-refractivity contribution in [2.45, 2.75) is 0 Å². The predicted octanol–water partition coefficient (Wildman–Crippen LogP) is 10.3. The average molecular weight is 453 g/mol. The Morgan fingerprint density at radius 1 is 0.222 bits per heavy atom. The molecule has 0 atom stereocenters. The molecule has 0 nitrogen and oxygen atoms in total. The summed E-state index contributed by atoms with van der Waals surface area (Å²) in [5.74, 6) is 0. The molecule has 9 aromatic carbocycles. The minimum Gasteiger partial charge on any atom is -0.0616 e. The zero-order valence-corrected chi connectivity index (χ0v) is 19.5. The van der Waals surface area contributed by atoms with E-state index in [0.29, 0.717) is 0 Å². The average Bonchev–Trinajstić information content (AvgIpc) is 2.94. The van der Waals surface area contributed by atoms with Crippen molar-refractivity contribution < 1.29 is 0 Å². The molecule has 0 radical (unpaired) electrons. The van der Waals surface area contributed by atoms with Crippen molar-refractivity contribution in [3.63, 3.8) is 0 Å². The van der Waals surface area contributed by atoms with Crippen LogP contribution in [-0.2, 0) is 0 Å². The summed E-state index contributed by atoms with van der Waals surface area (Å²) in [6.07, 6.45) is 0. The second kappa shape index (κ2) is 6.50. The highest BCUT2D eigenvalue weighted by molar-refractivity contribution is 6.45. The van der Waals surface area contributed by atoms with Gasteiger partial charge in [0, 0.05) is 0 Å². The van der Waals surface area contributed by atoms with Gasteiger partial charge in [0.15, 0.2) is 0 Å². The highest BCUT2D eigenvalue weighted by Gasteiger charge is 2.19. The lowest BCUT2D eigenvalue weighted by atomic mass is 9.83. The first-order valence-electron chi connectivity index (χ1n) is 12.6. The van der Waals surface area contributed by atoms with Gasteiger partial charge < -0.3 is 0 Å². The van der Waals surface area contributed by atoms with Crippen molar-refractivity contribution in [1.29, 1.82) is 0 Å². The van der Waals surface area contributed by atoms with E-state index in [1.165, 1.54) is 86.2 Å². The number of rotatable bonds is 0. The van der Waals surface area contributed by atoms with Crippen LogP contribution < -0.4 is 0 Å². The van der Waals surface area contributed by atoms with E-state index in [4.69, 9.17) is 0 Å². The topological polar surface area (TPSA) is 0 Å². The largest absolute Gasteiger partial charge is 0.0616 e. The molecule has 0 N–H and O–H groups in total. The normalized spacial score (nSPS) is 12.4. The summed E-state index contributed by atoms with van der Waals surface area (Å²) in [7, 11) is 0. The lowest BCUT2D eigenvalue weighted by Gasteiger charge is -2.20. The molecular formula is C36H20. The van der Waals surface area contributed by atoms with E-state index in [1.807, 2.05) is 0 Å². The van der Waals surface area contributed by atoms with Crippen LogP contribution >= 0.6 is 0 Å². The van der Waals surface area contributed by atoms with Crippen molar-refractivity contribution in [3.05, 3.63) is 121 Å². The summed E-state index contributed by atoms with van der Waals surface area (Å²) in [4.78, 5) is 0. The molecule has 0 aliphatic heterocycles. The molecule has 0 fully saturated rings. The molecule has 0 aliphatic carbocycles. The summed E-state index contributed by atoms with van der Waals surface area (Å²) in [5.41, 5.74) is 0. The molecule has 0 unspecified atom stereocenters. The Morgan fingerprint density at radius 2 is 0.556 bits per heavy atom. The van der Waals surface area contributed by atoms with Crippen molar-refractivity contribution in [3.8, 4) is 0 Å². The summed E-state index contributed by atoms with van der Waals surface area (Å²) in [6, 6.07) is 45.2. The van der Waals surface area contributed by atoms with Gasteiger partial charge in [-0.25, -0.2) is 0 Å². The number of fused-ring (bicyclic) bond motifs is 11. The molecule has 0 spiro atoms. The monoisotopic (exact) mass is 452 g/mol. The number of hydrogen-bond donors (Lipinski definition) is 0. The van der Waals surface area contributed by atoms with Crippen LogP contribution in [0.15, 0.2) is 121 Å². The van der Waals surface area contributed by atoms with Gasteiger partial charge in [-0.1, -0.05) is 109 Å². The fourth-order valence-corrected chi connectivity index (χ4v) is 6.83. The smallest absolute Gasteiger partial charge is 0.000785 e. The third kappa shape index (κ3) is 2.20. The maximum absolute atomic E-state index is 2.39. The third-order valence-electron chi connectivity index (χ3n) is 8.28. The summed E-state index contributed by atoms with van der Waals surface area (Å²) >= 11 is 0. The summed E-state index contributed by atoms with van der Waals surface area (Å²) in [5, 5.41) is 21.4. The van der Waals surface area contributed by atoms with Gasteiger partial charge in [-0.3, -0.25) is 0 Å². The lowest BCUT2D eigenvalue weighted by Crippen LogP contribution is -1.91. The molecule has 0 amide bonds. The van der Waals surface area contributed by atoms with Crippen LogP contribution in [0.1, 0.15) is 0 Å². The highest BCUT2D eigenvalue weighted by atomic mass is 14.2. The fourth-order valence-electron chi connectivity index (χ4n) is 6.83. The molecule has 36 heavy (non-hydrogen) atoms. The third-order valence-corrected chi connectivity index (χ3v) is 8.28. The second-order valence-electron chi connectivity index (χ2n) is 10.1. The lowest BCUT2D eigenvalue weighted by molar-refractivity contribution is 1.79. The Bertz CT molecular complexity index is 2190. The first kappa shape index (κ1) is 18.6. The molecule has 0 bridgehead atoms. The van der Waals surface area contributed by atoms with Crippen molar-refractivity contribution in [1.82, 2.24) is 0 Å². The molecule has 0 aromatic heterocycles. The Hall–Kier alpha value is -4.68. The quantitative estimate of drug-likeness (QED) is 0.159. The molecule has 164 valence electrons. The SMILES string of the molecule is c1ccc2c(c1)ccc1cc3ccc4cc5ccc6ccccc6c5c5c6ccccc6c(c12)c3c45. The molecule has 0 heteroatoms. The minimum absolute atomic E-state index is 1.29. The van der Waals surface area contributed by atoms with Crippen molar-refractivity contribution in [2.75, 3.05) is 0 Å². The van der Waals surface area contributed by atoms with Gasteiger partial charge in [-0.05, 0) is 98.3 Å². The molecular weight excluding hydrogens is 432 g/mol. The number of benzene rings is 9. The van der Waals surface area contributed by atoms with Crippen LogP contribution in [0.5, 0.6) is 0 Å². The first-order valence-corrected chi connectivity index (χ1v) is 12.6. The molecule has 0 heterocycles. The highest BCUT2D eigenvalue weighted by Crippen LogP contribution is 2.48. The van der Waals surface area contributed by atoms with E-state index in [2.05, 4.69) is 121 Å². The maximum atomic E-state index is 2.39. The van der Waals surface area contributed by atoms with Gasteiger partial charge in [0.2, 0.25) is 0 Å².